The summed E-state index contributed by atoms with van der Waals surface area (Å²) in [7, 11) is -3.79. The first kappa shape index (κ1) is 16.0. The Morgan fingerprint density at radius 2 is 2.05 bits per heavy atom. The van der Waals surface area contributed by atoms with Crippen LogP contribution in [0.25, 0.3) is 0 Å². The zero-order valence-corrected chi connectivity index (χ0v) is 12.8. The van der Waals surface area contributed by atoms with Crippen LogP contribution in [0.15, 0.2) is 22.0 Å². The number of sulfonamides is 1. The number of carbonyl (C=O) groups excluding carboxylic acids is 1. The highest BCUT2D eigenvalue weighted by Gasteiger charge is 2.19. The topological polar surface area (TPSA) is 99.3 Å². The van der Waals surface area contributed by atoms with E-state index in [4.69, 9.17) is 11.6 Å². The van der Waals surface area contributed by atoms with Crippen LogP contribution in [0.4, 0.5) is 0 Å². The summed E-state index contributed by atoms with van der Waals surface area (Å²) in [6.07, 6.45) is 3.16. The molecule has 0 unspecified atom stereocenters. The average molecular weight is 334 g/mol. The van der Waals surface area contributed by atoms with Gasteiger partial charge in [0, 0.05) is 32.3 Å². The number of H-pyrrole nitrogens is 1. The quantitative estimate of drug-likeness (QED) is 0.810. The normalized spacial score (nSPS) is 15.4. The summed E-state index contributed by atoms with van der Waals surface area (Å²) in [4.78, 5) is 26.7. The average Bonchev–Trinajstić information content (AvgIpc) is 2.95. The Kier molecular flexibility index (Phi) is 5.02. The van der Waals surface area contributed by atoms with Gasteiger partial charge in [-0.05, 0) is 18.9 Å². The molecule has 0 aliphatic carbocycles. The van der Waals surface area contributed by atoms with E-state index >= 15 is 0 Å². The van der Waals surface area contributed by atoms with Crippen LogP contribution >= 0.6 is 11.6 Å². The first-order chi connectivity index (χ1) is 9.90. The van der Waals surface area contributed by atoms with Crippen molar-refractivity contribution in [3.63, 3.8) is 0 Å². The smallest absolute Gasteiger partial charge is 0.266 e. The van der Waals surface area contributed by atoms with Crippen LogP contribution in [-0.4, -0.2) is 43.8 Å². The predicted octanol–water partition coefficient (Wildman–Crippen LogP) is 0.319. The molecule has 1 aliphatic rings. The number of amides is 1. The van der Waals surface area contributed by atoms with Crippen LogP contribution in [0.5, 0.6) is 0 Å². The zero-order valence-electron chi connectivity index (χ0n) is 11.3. The summed E-state index contributed by atoms with van der Waals surface area (Å²) in [6, 6.07) is 1.07. The van der Waals surface area contributed by atoms with Gasteiger partial charge in [0.2, 0.25) is 15.9 Å². The van der Waals surface area contributed by atoms with E-state index in [1.165, 1.54) is 0 Å². The molecule has 0 radical (unpaired) electrons. The Morgan fingerprint density at radius 1 is 1.38 bits per heavy atom. The third kappa shape index (κ3) is 4.05. The van der Waals surface area contributed by atoms with Gasteiger partial charge in [-0.15, -0.1) is 0 Å². The summed E-state index contributed by atoms with van der Waals surface area (Å²) >= 11 is 5.59. The SMILES string of the molecule is O=C(CCNS(=O)(=O)c1c[nH]c(=O)c(Cl)c1)N1CCCC1. The van der Waals surface area contributed by atoms with E-state index in [1.54, 1.807) is 4.90 Å². The standard InChI is InChI=1S/C12H16ClN3O4S/c13-10-7-9(8-14-12(10)18)21(19,20)15-4-3-11(17)16-5-1-2-6-16/h7-8,15H,1-6H2,(H,14,18). The Bertz CT molecular complexity index is 680. The third-order valence-corrected chi connectivity index (χ3v) is 4.95. The Labute approximate surface area is 127 Å². The van der Waals surface area contributed by atoms with Gasteiger partial charge >= 0.3 is 0 Å². The number of nitrogens with zero attached hydrogens (tertiary/aromatic N) is 1. The number of hydrogen-bond acceptors (Lipinski definition) is 4. The molecule has 1 amide bonds. The van der Waals surface area contributed by atoms with E-state index in [0.29, 0.717) is 0 Å². The van der Waals surface area contributed by atoms with Gasteiger partial charge in [0.1, 0.15) is 5.02 Å². The number of carbonyl (C=O) groups is 1. The lowest BCUT2D eigenvalue weighted by Gasteiger charge is -2.15. The van der Waals surface area contributed by atoms with Gasteiger partial charge in [0.15, 0.2) is 0 Å². The van der Waals surface area contributed by atoms with Crippen molar-refractivity contribution in [2.24, 2.45) is 0 Å². The highest BCUT2D eigenvalue weighted by atomic mass is 35.5. The van der Waals surface area contributed by atoms with Crippen molar-refractivity contribution < 1.29 is 13.2 Å². The molecule has 0 bridgehead atoms. The molecule has 1 aromatic rings. The van der Waals surface area contributed by atoms with Crippen LogP contribution in [0.2, 0.25) is 5.02 Å². The minimum atomic E-state index is -3.79. The molecule has 1 fully saturated rings. The second-order valence-electron chi connectivity index (χ2n) is 4.75. The molecule has 0 spiro atoms. The minimum Gasteiger partial charge on any atom is -0.343 e. The zero-order chi connectivity index (χ0) is 15.5. The van der Waals surface area contributed by atoms with Gasteiger partial charge in [-0.2, -0.15) is 0 Å². The van der Waals surface area contributed by atoms with Crippen molar-refractivity contribution in [1.82, 2.24) is 14.6 Å². The molecule has 2 N–H and O–H groups in total. The summed E-state index contributed by atoms with van der Waals surface area (Å²) in [6.45, 7) is 1.48. The first-order valence-electron chi connectivity index (χ1n) is 6.56. The molecule has 21 heavy (non-hydrogen) atoms. The lowest BCUT2D eigenvalue weighted by atomic mass is 10.4. The van der Waals surface area contributed by atoms with Crippen molar-refractivity contribution in [2.75, 3.05) is 19.6 Å². The third-order valence-electron chi connectivity index (χ3n) is 3.23. The summed E-state index contributed by atoms with van der Waals surface area (Å²) < 4.78 is 26.3. The molecular weight excluding hydrogens is 318 g/mol. The molecule has 0 aromatic carbocycles. The number of aromatic nitrogens is 1. The second kappa shape index (κ2) is 6.59. The van der Waals surface area contributed by atoms with Gasteiger partial charge in [0.05, 0.1) is 4.90 Å². The van der Waals surface area contributed by atoms with Gasteiger partial charge < -0.3 is 9.88 Å². The van der Waals surface area contributed by atoms with Gasteiger partial charge in [-0.25, -0.2) is 13.1 Å². The van der Waals surface area contributed by atoms with Crippen molar-refractivity contribution in [3.8, 4) is 0 Å². The van der Waals surface area contributed by atoms with Crippen LogP contribution < -0.4 is 10.3 Å². The van der Waals surface area contributed by atoms with E-state index in [0.717, 1.165) is 38.2 Å². The maximum Gasteiger partial charge on any atom is 0.266 e. The molecule has 9 heteroatoms. The fourth-order valence-electron chi connectivity index (χ4n) is 2.09. The van der Waals surface area contributed by atoms with Crippen molar-refractivity contribution in [2.45, 2.75) is 24.2 Å². The van der Waals surface area contributed by atoms with Crippen LogP contribution in [0.1, 0.15) is 19.3 Å². The Balaban J connectivity index is 1.93. The van der Waals surface area contributed by atoms with E-state index in [-0.39, 0.29) is 28.8 Å². The first-order valence-corrected chi connectivity index (χ1v) is 8.42. The largest absolute Gasteiger partial charge is 0.343 e. The van der Waals surface area contributed by atoms with E-state index in [9.17, 15) is 18.0 Å². The van der Waals surface area contributed by atoms with Gasteiger partial charge in [-0.3, -0.25) is 9.59 Å². The Hall–Kier alpha value is -1.38. The summed E-state index contributed by atoms with van der Waals surface area (Å²) in [5.74, 6) is -0.0605. The van der Waals surface area contributed by atoms with E-state index < -0.39 is 15.6 Å². The number of hydrogen-bond donors (Lipinski definition) is 2. The fraction of sp³-hybridized carbons (Fsp3) is 0.500. The van der Waals surface area contributed by atoms with E-state index in [2.05, 4.69) is 9.71 Å². The molecule has 1 aliphatic heterocycles. The molecule has 0 saturated carbocycles. The fourth-order valence-corrected chi connectivity index (χ4v) is 3.35. The molecular formula is C12H16ClN3O4S. The molecule has 0 atom stereocenters. The van der Waals surface area contributed by atoms with E-state index in [1.807, 2.05) is 0 Å². The number of rotatable bonds is 5. The highest BCUT2D eigenvalue weighted by molar-refractivity contribution is 7.89. The summed E-state index contributed by atoms with van der Waals surface area (Å²) in [5, 5.41) is -0.203. The predicted molar refractivity (Wildman–Crippen MR) is 77.7 cm³/mol. The number of halogens is 1. The Morgan fingerprint density at radius 3 is 2.67 bits per heavy atom. The van der Waals surface area contributed by atoms with Crippen molar-refractivity contribution >= 4 is 27.5 Å². The number of likely N-dealkylation sites (tertiary alicyclic amines) is 1. The van der Waals surface area contributed by atoms with Crippen molar-refractivity contribution in [1.29, 1.82) is 0 Å². The molecule has 7 nitrogen and oxygen atoms in total. The van der Waals surface area contributed by atoms with Crippen molar-refractivity contribution in [3.05, 3.63) is 27.6 Å². The number of aromatic amines is 1. The maximum absolute atomic E-state index is 12.0. The maximum atomic E-state index is 12.0. The molecule has 1 saturated heterocycles. The summed E-state index contributed by atoms with van der Waals surface area (Å²) in [5.41, 5.74) is -0.556. The molecule has 2 heterocycles. The van der Waals surface area contributed by atoms with Crippen LogP contribution in [0, 0.1) is 0 Å². The number of pyridine rings is 1. The van der Waals surface area contributed by atoms with Gasteiger partial charge in [0.25, 0.3) is 5.56 Å². The monoisotopic (exact) mass is 333 g/mol. The lowest BCUT2D eigenvalue weighted by Crippen LogP contribution is -2.32. The minimum absolute atomic E-state index is 0.00835. The second-order valence-corrected chi connectivity index (χ2v) is 6.92. The molecule has 116 valence electrons. The highest BCUT2D eigenvalue weighted by Crippen LogP contribution is 2.11. The van der Waals surface area contributed by atoms with Gasteiger partial charge in [-0.1, -0.05) is 11.6 Å². The molecule has 2 rings (SSSR count). The number of nitrogens with one attached hydrogen (secondary N) is 2. The lowest BCUT2D eigenvalue weighted by molar-refractivity contribution is -0.129. The molecule has 1 aromatic heterocycles. The van der Waals surface area contributed by atoms with Crippen LogP contribution in [-0.2, 0) is 14.8 Å². The van der Waals surface area contributed by atoms with Crippen LogP contribution in [0.3, 0.4) is 0 Å².